The number of rotatable bonds is 4. The van der Waals surface area contributed by atoms with Gasteiger partial charge in [0.1, 0.15) is 0 Å². The molecule has 0 radical (unpaired) electrons. The fourth-order valence-electron chi connectivity index (χ4n) is 1.19. The van der Waals surface area contributed by atoms with Crippen LogP contribution in [0.4, 0.5) is 0 Å². The molecule has 0 aromatic heterocycles. The number of nitrogens with two attached hydrogens (primary N) is 1. The van der Waals surface area contributed by atoms with Crippen molar-refractivity contribution in [3.8, 4) is 0 Å². The van der Waals surface area contributed by atoms with Crippen LogP contribution in [0, 0.1) is 16.4 Å². The van der Waals surface area contributed by atoms with Crippen molar-refractivity contribution < 1.29 is 4.79 Å². The summed E-state index contributed by atoms with van der Waals surface area (Å²) in [6.07, 6.45) is 0. The zero-order chi connectivity index (χ0) is 12.1. The van der Waals surface area contributed by atoms with Crippen molar-refractivity contribution in [3.63, 3.8) is 0 Å². The van der Waals surface area contributed by atoms with E-state index in [0.717, 1.165) is 3.57 Å². The SMILES string of the molecule is Cc1ccc(C(=O)NCC(C)CN)cc1I.Cl. The summed E-state index contributed by atoms with van der Waals surface area (Å²) in [5.74, 6) is 0.284. The molecule has 0 aliphatic heterocycles. The number of halogens is 2. The highest BCUT2D eigenvalue weighted by molar-refractivity contribution is 14.1. The van der Waals surface area contributed by atoms with Gasteiger partial charge in [-0.1, -0.05) is 13.0 Å². The van der Waals surface area contributed by atoms with E-state index >= 15 is 0 Å². The molecule has 3 nitrogen and oxygen atoms in total. The molecule has 1 amide bonds. The van der Waals surface area contributed by atoms with Crippen LogP contribution in [0.15, 0.2) is 18.2 Å². The molecule has 0 fully saturated rings. The number of hydrogen-bond donors (Lipinski definition) is 2. The lowest BCUT2D eigenvalue weighted by atomic mass is 10.1. The van der Waals surface area contributed by atoms with Gasteiger partial charge in [0.25, 0.3) is 5.91 Å². The molecule has 1 aromatic carbocycles. The number of carbonyl (C=O) groups is 1. The molecule has 1 atom stereocenters. The Hall–Kier alpha value is -0.330. The Morgan fingerprint density at radius 3 is 2.71 bits per heavy atom. The first-order chi connectivity index (χ1) is 7.54. The minimum absolute atomic E-state index is 0. The maximum Gasteiger partial charge on any atom is 0.251 e. The first-order valence-electron chi connectivity index (χ1n) is 5.29. The standard InChI is InChI=1S/C12H17IN2O.ClH/c1-8(6-14)7-15-12(16)10-4-3-9(2)11(13)5-10;/h3-5,8H,6-7,14H2,1-2H3,(H,15,16);1H. The Bertz CT molecular complexity index is 385. The van der Waals surface area contributed by atoms with Crippen LogP contribution in [0.5, 0.6) is 0 Å². The molecule has 0 aliphatic rings. The van der Waals surface area contributed by atoms with E-state index in [9.17, 15) is 4.79 Å². The number of benzene rings is 1. The Morgan fingerprint density at radius 1 is 1.53 bits per heavy atom. The lowest BCUT2D eigenvalue weighted by Gasteiger charge is -2.10. The molecule has 5 heteroatoms. The predicted octanol–water partition coefficient (Wildman–Crippen LogP) is 2.35. The molecule has 0 heterocycles. The quantitative estimate of drug-likeness (QED) is 0.802. The van der Waals surface area contributed by atoms with E-state index in [2.05, 4.69) is 27.9 Å². The van der Waals surface area contributed by atoms with Gasteiger partial charge in [-0.2, -0.15) is 0 Å². The van der Waals surface area contributed by atoms with Crippen molar-refractivity contribution in [2.45, 2.75) is 13.8 Å². The Kier molecular flexibility index (Phi) is 7.74. The zero-order valence-electron chi connectivity index (χ0n) is 10.00. The van der Waals surface area contributed by atoms with Crippen molar-refractivity contribution in [1.82, 2.24) is 5.32 Å². The van der Waals surface area contributed by atoms with Gasteiger partial charge < -0.3 is 11.1 Å². The summed E-state index contributed by atoms with van der Waals surface area (Å²) >= 11 is 2.23. The molecule has 1 rings (SSSR count). The van der Waals surface area contributed by atoms with Gasteiger partial charge in [-0.25, -0.2) is 0 Å². The zero-order valence-corrected chi connectivity index (χ0v) is 13.0. The molecular formula is C12H18ClIN2O. The van der Waals surface area contributed by atoms with Crippen molar-refractivity contribution in [2.24, 2.45) is 11.7 Å². The molecule has 17 heavy (non-hydrogen) atoms. The van der Waals surface area contributed by atoms with Gasteiger partial charge in [0.15, 0.2) is 0 Å². The largest absolute Gasteiger partial charge is 0.352 e. The van der Waals surface area contributed by atoms with Crippen LogP contribution in [0.25, 0.3) is 0 Å². The van der Waals surface area contributed by atoms with Gasteiger partial charge in [-0.15, -0.1) is 12.4 Å². The molecule has 0 saturated heterocycles. The highest BCUT2D eigenvalue weighted by atomic mass is 127. The summed E-state index contributed by atoms with van der Waals surface area (Å²) in [5, 5.41) is 2.87. The average Bonchev–Trinajstić information content (AvgIpc) is 2.29. The highest BCUT2D eigenvalue weighted by Crippen LogP contribution is 2.13. The Morgan fingerprint density at radius 2 is 2.18 bits per heavy atom. The first kappa shape index (κ1) is 16.7. The van der Waals surface area contributed by atoms with Crippen LogP contribution in [0.3, 0.4) is 0 Å². The molecule has 1 aromatic rings. The number of carbonyl (C=O) groups excluding carboxylic acids is 1. The molecule has 96 valence electrons. The molecule has 0 spiro atoms. The van der Waals surface area contributed by atoms with Gasteiger partial charge in [-0.3, -0.25) is 4.79 Å². The topological polar surface area (TPSA) is 55.1 Å². The highest BCUT2D eigenvalue weighted by Gasteiger charge is 2.08. The van der Waals surface area contributed by atoms with E-state index in [1.165, 1.54) is 5.56 Å². The summed E-state index contributed by atoms with van der Waals surface area (Å²) in [6, 6.07) is 5.71. The van der Waals surface area contributed by atoms with E-state index in [1.54, 1.807) is 0 Å². The lowest BCUT2D eigenvalue weighted by molar-refractivity contribution is 0.0948. The van der Waals surface area contributed by atoms with Crippen molar-refractivity contribution in [3.05, 3.63) is 32.9 Å². The summed E-state index contributed by atoms with van der Waals surface area (Å²) in [4.78, 5) is 11.8. The number of hydrogen-bond acceptors (Lipinski definition) is 2. The van der Waals surface area contributed by atoms with Gasteiger partial charge in [0.05, 0.1) is 0 Å². The summed E-state index contributed by atoms with van der Waals surface area (Å²) in [6.45, 7) is 5.25. The number of nitrogens with one attached hydrogen (secondary N) is 1. The summed E-state index contributed by atoms with van der Waals surface area (Å²) in [5.41, 5.74) is 7.38. The van der Waals surface area contributed by atoms with Gasteiger partial charge in [-0.05, 0) is 59.7 Å². The van der Waals surface area contributed by atoms with Crippen LogP contribution >= 0.6 is 35.0 Å². The van der Waals surface area contributed by atoms with E-state index in [0.29, 0.717) is 24.6 Å². The van der Waals surface area contributed by atoms with Crippen molar-refractivity contribution >= 4 is 40.9 Å². The lowest BCUT2D eigenvalue weighted by Crippen LogP contribution is -2.31. The molecule has 3 N–H and O–H groups in total. The van der Waals surface area contributed by atoms with Gasteiger partial charge >= 0.3 is 0 Å². The third kappa shape index (κ3) is 5.23. The van der Waals surface area contributed by atoms with Crippen LogP contribution in [0.1, 0.15) is 22.8 Å². The molecule has 1 unspecified atom stereocenters. The maximum atomic E-state index is 11.8. The van der Waals surface area contributed by atoms with Gasteiger partial charge in [0, 0.05) is 15.7 Å². The summed E-state index contributed by atoms with van der Waals surface area (Å²) in [7, 11) is 0. The minimum Gasteiger partial charge on any atom is -0.352 e. The first-order valence-corrected chi connectivity index (χ1v) is 6.37. The second kappa shape index (κ2) is 7.89. The molecule has 0 aliphatic carbocycles. The van der Waals surface area contributed by atoms with E-state index in [-0.39, 0.29) is 18.3 Å². The van der Waals surface area contributed by atoms with Crippen LogP contribution < -0.4 is 11.1 Å². The van der Waals surface area contributed by atoms with Crippen LogP contribution in [-0.2, 0) is 0 Å². The van der Waals surface area contributed by atoms with E-state index in [1.807, 2.05) is 32.0 Å². The average molecular weight is 369 g/mol. The third-order valence-corrected chi connectivity index (χ3v) is 3.61. The molecule has 0 bridgehead atoms. The van der Waals surface area contributed by atoms with Crippen molar-refractivity contribution in [1.29, 1.82) is 0 Å². The smallest absolute Gasteiger partial charge is 0.251 e. The molecule has 0 saturated carbocycles. The predicted molar refractivity (Wildman–Crippen MR) is 81.7 cm³/mol. The van der Waals surface area contributed by atoms with E-state index in [4.69, 9.17) is 5.73 Å². The third-order valence-electron chi connectivity index (χ3n) is 2.45. The second-order valence-electron chi connectivity index (χ2n) is 4.01. The maximum absolute atomic E-state index is 11.8. The monoisotopic (exact) mass is 368 g/mol. The fourth-order valence-corrected chi connectivity index (χ4v) is 1.70. The molecular weight excluding hydrogens is 351 g/mol. The second-order valence-corrected chi connectivity index (χ2v) is 5.18. The Labute approximate surface area is 122 Å². The number of amides is 1. The van der Waals surface area contributed by atoms with Crippen LogP contribution in [0.2, 0.25) is 0 Å². The minimum atomic E-state index is -0.0294. The Balaban J connectivity index is 0.00000256. The number of aryl methyl sites for hydroxylation is 1. The van der Waals surface area contributed by atoms with Gasteiger partial charge in [0.2, 0.25) is 0 Å². The van der Waals surface area contributed by atoms with Crippen molar-refractivity contribution in [2.75, 3.05) is 13.1 Å². The van der Waals surface area contributed by atoms with Crippen LogP contribution in [-0.4, -0.2) is 19.0 Å². The fraction of sp³-hybridized carbons (Fsp3) is 0.417. The normalized spacial score (nSPS) is 11.5. The van der Waals surface area contributed by atoms with E-state index < -0.39 is 0 Å². The summed E-state index contributed by atoms with van der Waals surface area (Å²) < 4.78 is 1.11.